The minimum atomic E-state index is -0.489. The molecule has 0 spiro atoms. The van der Waals surface area contributed by atoms with Gasteiger partial charge in [-0.25, -0.2) is 4.79 Å². The highest BCUT2D eigenvalue weighted by atomic mass is 35.5. The molecule has 0 aromatic carbocycles. The lowest BCUT2D eigenvalue weighted by Crippen LogP contribution is -2.08. The maximum Gasteiger partial charge on any atom is 0.330 e. The number of pyridine rings is 1. The third-order valence-corrected chi connectivity index (χ3v) is 1.80. The highest BCUT2D eigenvalue weighted by molar-refractivity contribution is 6.30. The summed E-state index contributed by atoms with van der Waals surface area (Å²) in [5, 5.41) is 0.401. The third kappa shape index (κ3) is 3.59. The molecule has 1 heterocycles. The molecule has 15 heavy (non-hydrogen) atoms. The van der Waals surface area contributed by atoms with Gasteiger partial charge in [0.25, 0.3) is 5.56 Å². The number of aromatic amines is 1. The number of halogens is 1. The quantitative estimate of drug-likeness (QED) is 0.630. The second-order valence-electron chi connectivity index (χ2n) is 2.69. The van der Waals surface area contributed by atoms with Gasteiger partial charge in [0.15, 0.2) is 0 Å². The molecule has 0 saturated heterocycles. The van der Waals surface area contributed by atoms with E-state index < -0.39 is 5.97 Å². The summed E-state index contributed by atoms with van der Waals surface area (Å²) >= 11 is 5.67. The minimum Gasteiger partial charge on any atom is -0.463 e. The molecule has 1 aromatic rings. The van der Waals surface area contributed by atoms with Crippen LogP contribution in [-0.4, -0.2) is 17.6 Å². The van der Waals surface area contributed by atoms with Crippen molar-refractivity contribution in [3.8, 4) is 0 Å². The van der Waals surface area contributed by atoms with Gasteiger partial charge in [-0.05, 0) is 19.1 Å². The summed E-state index contributed by atoms with van der Waals surface area (Å²) in [5.74, 6) is -0.489. The molecule has 0 aliphatic rings. The monoisotopic (exact) mass is 227 g/mol. The minimum absolute atomic E-state index is 0.301. The SMILES string of the molecule is CCOC(=O)C=Cc1cc(Cl)c[nH]c1=O. The Hall–Kier alpha value is -1.55. The van der Waals surface area contributed by atoms with E-state index in [4.69, 9.17) is 11.6 Å². The summed E-state index contributed by atoms with van der Waals surface area (Å²) in [4.78, 5) is 24.6. The average molecular weight is 228 g/mol. The Kier molecular flexibility index (Phi) is 4.12. The van der Waals surface area contributed by atoms with Crippen molar-refractivity contribution < 1.29 is 9.53 Å². The lowest BCUT2D eigenvalue weighted by atomic mass is 10.2. The van der Waals surface area contributed by atoms with E-state index in [2.05, 4.69) is 9.72 Å². The van der Waals surface area contributed by atoms with Crippen LogP contribution in [0.5, 0.6) is 0 Å². The average Bonchev–Trinajstić information content (AvgIpc) is 2.20. The van der Waals surface area contributed by atoms with E-state index in [9.17, 15) is 9.59 Å². The van der Waals surface area contributed by atoms with Crippen LogP contribution in [0.1, 0.15) is 12.5 Å². The first-order valence-electron chi connectivity index (χ1n) is 4.36. The Balaban J connectivity index is 2.84. The summed E-state index contributed by atoms with van der Waals surface area (Å²) in [6.07, 6.45) is 3.93. The molecular formula is C10H10ClNO3. The first-order valence-corrected chi connectivity index (χ1v) is 4.74. The molecule has 0 unspecified atom stereocenters. The molecule has 5 heteroatoms. The smallest absolute Gasteiger partial charge is 0.330 e. The first kappa shape index (κ1) is 11.5. The summed E-state index contributed by atoms with van der Waals surface area (Å²) < 4.78 is 4.66. The highest BCUT2D eigenvalue weighted by Gasteiger charge is 1.98. The standard InChI is InChI=1S/C10H10ClNO3/c1-2-15-9(13)4-3-7-5-8(11)6-12-10(7)14/h3-6H,2H2,1H3,(H,12,14). The van der Waals surface area contributed by atoms with E-state index in [-0.39, 0.29) is 5.56 Å². The maximum atomic E-state index is 11.2. The highest BCUT2D eigenvalue weighted by Crippen LogP contribution is 2.06. The molecule has 1 aromatic heterocycles. The summed E-state index contributed by atoms with van der Waals surface area (Å²) in [5.41, 5.74) is 0.00972. The van der Waals surface area contributed by atoms with Gasteiger partial charge in [0.05, 0.1) is 11.6 Å². The molecule has 0 aliphatic carbocycles. The normalized spacial score (nSPS) is 10.5. The second-order valence-corrected chi connectivity index (χ2v) is 3.12. The van der Waals surface area contributed by atoms with Gasteiger partial charge in [-0.1, -0.05) is 11.6 Å². The zero-order chi connectivity index (χ0) is 11.3. The molecule has 0 bridgehead atoms. The van der Waals surface area contributed by atoms with E-state index in [1.165, 1.54) is 24.4 Å². The Morgan fingerprint density at radius 2 is 2.40 bits per heavy atom. The van der Waals surface area contributed by atoms with Crippen LogP contribution in [0.25, 0.3) is 6.08 Å². The molecule has 4 nitrogen and oxygen atoms in total. The van der Waals surface area contributed by atoms with Gasteiger partial charge < -0.3 is 9.72 Å². The lowest BCUT2D eigenvalue weighted by Gasteiger charge is -1.95. The fourth-order valence-corrected chi connectivity index (χ4v) is 1.12. The van der Waals surface area contributed by atoms with Gasteiger partial charge in [0.2, 0.25) is 0 Å². The number of hydrogen-bond acceptors (Lipinski definition) is 3. The largest absolute Gasteiger partial charge is 0.463 e. The molecule has 1 rings (SSSR count). The van der Waals surface area contributed by atoms with Crippen LogP contribution in [0.3, 0.4) is 0 Å². The Bertz CT molecular complexity index is 437. The second kappa shape index (κ2) is 5.36. The predicted molar refractivity (Wildman–Crippen MR) is 57.7 cm³/mol. The first-order chi connectivity index (χ1) is 7.13. The zero-order valence-electron chi connectivity index (χ0n) is 8.12. The van der Waals surface area contributed by atoms with E-state index in [0.29, 0.717) is 17.2 Å². The molecular weight excluding hydrogens is 218 g/mol. The van der Waals surface area contributed by atoms with Crippen molar-refractivity contribution >= 4 is 23.6 Å². The van der Waals surface area contributed by atoms with Crippen molar-refractivity contribution in [2.24, 2.45) is 0 Å². The molecule has 0 saturated carbocycles. The predicted octanol–water partition coefficient (Wildman–Crippen LogP) is 1.60. The van der Waals surface area contributed by atoms with Crippen LogP contribution in [0.4, 0.5) is 0 Å². The van der Waals surface area contributed by atoms with E-state index in [1.54, 1.807) is 6.92 Å². The van der Waals surface area contributed by atoms with Crippen LogP contribution in [0, 0.1) is 0 Å². The van der Waals surface area contributed by atoms with Crippen molar-refractivity contribution in [3.05, 3.63) is 39.3 Å². The van der Waals surface area contributed by atoms with Crippen molar-refractivity contribution in [2.45, 2.75) is 6.92 Å². The molecule has 1 N–H and O–H groups in total. The van der Waals surface area contributed by atoms with Crippen molar-refractivity contribution in [1.29, 1.82) is 0 Å². The summed E-state index contributed by atoms with van der Waals surface area (Å²) in [6, 6.07) is 1.47. The molecule has 0 atom stereocenters. The van der Waals surface area contributed by atoms with Crippen LogP contribution in [0.15, 0.2) is 23.1 Å². The third-order valence-electron chi connectivity index (χ3n) is 1.58. The van der Waals surface area contributed by atoms with Crippen molar-refractivity contribution in [3.63, 3.8) is 0 Å². The molecule has 80 valence electrons. The molecule has 0 amide bonds. The number of nitrogens with one attached hydrogen (secondary N) is 1. The number of carbonyl (C=O) groups is 1. The van der Waals surface area contributed by atoms with Crippen molar-refractivity contribution in [1.82, 2.24) is 4.98 Å². The van der Waals surface area contributed by atoms with Crippen LogP contribution >= 0.6 is 11.6 Å². The lowest BCUT2D eigenvalue weighted by molar-refractivity contribution is -0.137. The van der Waals surface area contributed by atoms with Gasteiger partial charge in [-0.15, -0.1) is 0 Å². The van der Waals surface area contributed by atoms with Crippen LogP contribution in [0.2, 0.25) is 5.02 Å². The Labute approximate surface area is 91.5 Å². The zero-order valence-corrected chi connectivity index (χ0v) is 8.88. The fraction of sp³-hybridized carbons (Fsp3) is 0.200. The van der Waals surface area contributed by atoms with E-state index in [1.807, 2.05) is 0 Å². The number of rotatable bonds is 3. The van der Waals surface area contributed by atoms with Crippen LogP contribution < -0.4 is 5.56 Å². The topological polar surface area (TPSA) is 59.2 Å². The number of H-pyrrole nitrogens is 1. The maximum absolute atomic E-state index is 11.2. The van der Waals surface area contributed by atoms with Gasteiger partial charge in [0.1, 0.15) is 0 Å². The van der Waals surface area contributed by atoms with Gasteiger partial charge in [0, 0.05) is 17.8 Å². The number of ether oxygens (including phenoxy) is 1. The molecule has 0 aliphatic heterocycles. The molecule has 0 fully saturated rings. The number of esters is 1. The van der Waals surface area contributed by atoms with Gasteiger partial charge in [-0.2, -0.15) is 0 Å². The van der Waals surface area contributed by atoms with Gasteiger partial charge >= 0.3 is 5.97 Å². The summed E-state index contributed by atoms with van der Waals surface area (Å²) in [6.45, 7) is 2.01. The van der Waals surface area contributed by atoms with E-state index >= 15 is 0 Å². The summed E-state index contributed by atoms with van der Waals surface area (Å²) in [7, 11) is 0. The Morgan fingerprint density at radius 1 is 1.67 bits per heavy atom. The molecule has 0 radical (unpaired) electrons. The number of hydrogen-bond donors (Lipinski definition) is 1. The number of carbonyl (C=O) groups excluding carboxylic acids is 1. The Morgan fingerprint density at radius 3 is 3.07 bits per heavy atom. The van der Waals surface area contributed by atoms with Crippen LogP contribution in [-0.2, 0) is 9.53 Å². The van der Waals surface area contributed by atoms with E-state index in [0.717, 1.165) is 0 Å². The van der Waals surface area contributed by atoms with Crippen molar-refractivity contribution in [2.75, 3.05) is 6.61 Å². The number of aromatic nitrogens is 1. The van der Waals surface area contributed by atoms with Gasteiger partial charge in [-0.3, -0.25) is 4.79 Å². The fourth-order valence-electron chi connectivity index (χ4n) is 0.946.